The molecule has 2 aliphatic rings. The summed E-state index contributed by atoms with van der Waals surface area (Å²) in [6, 6.07) is 0. The summed E-state index contributed by atoms with van der Waals surface area (Å²) in [5.41, 5.74) is 5.57. The van der Waals surface area contributed by atoms with Crippen molar-refractivity contribution in [3.05, 3.63) is 12.7 Å². The molecule has 0 aromatic carbocycles. The van der Waals surface area contributed by atoms with E-state index in [4.69, 9.17) is 10.5 Å². The summed E-state index contributed by atoms with van der Waals surface area (Å²) >= 11 is 0. The van der Waals surface area contributed by atoms with Crippen molar-refractivity contribution >= 4 is 36.6 Å². The Hall–Kier alpha value is -0.860. The highest BCUT2D eigenvalue weighted by Crippen LogP contribution is 2.21. The monoisotopic (exact) mass is 382 g/mol. The van der Waals surface area contributed by atoms with E-state index in [1.165, 1.54) is 0 Å². The summed E-state index contributed by atoms with van der Waals surface area (Å²) in [7, 11) is 0. The SMILES string of the molecule is C=CCNC(=O)CN1CCN(C(=O)[C@@H]2CC[C@H](CN)O2)CC1.Cl.Cl. The van der Waals surface area contributed by atoms with E-state index in [1.54, 1.807) is 6.08 Å². The van der Waals surface area contributed by atoms with Gasteiger partial charge in [-0.15, -0.1) is 31.4 Å². The lowest BCUT2D eigenvalue weighted by Gasteiger charge is -2.35. The number of halogens is 2. The molecule has 0 aromatic heterocycles. The number of hydrogen-bond donors (Lipinski definition) is 2. The first-order valence-electron chi connectivity index (χ1n) is 7.88. The predicted octanol–water partition coefficient (Wildman–Crippen LogP) is -0.217. The van der Waals surface area contributed by atoms with Gasteiger partial charge >= 0.3 is 0 Å². The second-order valence-corrected chi connectivity index (χ2v) is 5.75. The zero-order valence-electron chi connectivity index (χ0n) is 13.8. The van der Waals surface area contributed by atoms with Crippen LogP contribution in [0.3, 0.4) is 0 Å². The number of piperazine rings is 1. The highest BCUT2D eigenvalue weighted by atomic mass is 35.5. The number of nitrogens with two attached hydrogens (primary N) is 1. The Labute approximate surface area is 155 Å². The van der Waals surface area contributed by atoms with Crippen molar-refractivity contribution in [2.45, 2.75) is 25.0 Å². The van der Waals surface area contributed by atoms with Gasteiger partial charge in [0.1, 0.15) is 6.10 Å². The summed E-state index contributed by atoms with van der Waals surface area (Å²) in [6.07, 6.45) is 2.95. The maximum Gasteiger partial charge on any atom is 0.251 e. The Morgan fingerprint density at radius 2 is 1.88 bits per heavy atom. The Morgan fingerprint density at radius 3 is 2.42 bits per heavy atom. The van der Waals surface area contributed by atoms with Crippen molar-refractivity contribution in [2.75, 3.05) is 45.8 Å². The molecule has 2 aliphatic heterocycles. The van der Waals surface area contributed by atoms with Gasteiger partial charge < -0.3 is 20.7 Å². The van der Waals surface area contributed by atoms with Gasteiger partial charge in [-0.2, -0.15) is 0 Å². The minimum atomic E-state index is -0.337. The van der Waals surface area contributed by atoms with E-state index >= 15 is 0 Å². The van der Waals surface area contributed by atoms with E-state index in [9.17, 15) is 9.59 Å². The smallest absolute Gasteiger partial charge is 0.251 e. The molecule has 0 aliphatic carbocycles. The van der Waals surface area contributed by atoms with Crippen molar-refractivity contribution < 1.29 is 14.3 Å². The lowest BCUT2D eigenvalue weighted by Crippen LogP contribution is -2.53. The Balaban J connectivity index is 0.00000264. The third kappa shape index (κ3) is 6.57. The summed E-state index contributed by atoms with van der Waals surface area (Å²) in [5.74, 6) is 0.0521. The molecule has 0 saturated carbocycles. The van der Waals surface area contributed by atoms with Gasteiger partial charge in [-0.3, -0.25) is 14.5 Å². The average Bonchev–Trinajstić information content (AvgIpc) is 3.02. The van der Waals surface area contributed by atoms with Crippen LogP contribution in [0, 0.1) is 0 Å². The second kappa shape index (κ2) is 11.7. The van der Waals surface area contributed by atoms with Gasteiger partial charge in [0.05, 0.1) is 12.6 Å². The molecule has 2 atom stereocenters. The second-order valence-electron chi connectivity index (χ2n) is 5.75. The summed E-state index contributed by atoms with van der Waals surface area (Å²) < 4.78 is 5.66. The zero-order valence-corrected chi connectivity index (χ0v) is 15.4. The maximum atomic E-state index is 12.4. The zero-order chi connectivity index (χ0) is 15.9. The van der Waals surface area contributed by atoms with Gasteiger partial charge in [0, 0.05) is 39.3 Å². The lowest BCUT2D eigenvalue weighted by molar-refractivity contribution is -0.144. The number of carbonyl (C=O) groups excluding carboxylic acids is 2. The number of nitrogens with one attached hydrogen (secondary N) is 1. The molecule has 2 saturated heterocycles. The van der Waals surface area contributed by atoms with E-state index in [0.29, 0.717) is 45.8 Å². The molecular formula is C15H28Cl2N4O3. The van der Waals surface area contributed by atoms with Crippen molar-refractivity contribution in [1.82, 2.24) is 15.1 Å². The molecular weight excluding hydrogens is 355 g/mol. The van der Waals surface area contributed by atoms with Gasteiger partial charge in [0.15, 0.2) is 0 Å². The van der Waals surface area contributed by atoms with Crippen molar-refractivity contribution in [3.63, 3.8) is 0 Å². The van der Waals surface area contributed by atoms with Gasteiger partial charge in [-0.25, -0.2) is 0 Å². The molecule has 2 amide bonds. The first-order valence-corrected chi connectivity index (χ1v) is 7.88. The third-order valence-electron chi connectivity index (χ3n) is 4.14. The number of nitrogens with zero attached hydrogens (tertiary/aromatic N) is 2. The van der Waals surface area contributed by atoms with Crippen LogP contribution in [-0.2, 0) is 14.3 Å². The molecule has 2 rings (SSSR count). The predicted molar refractivity (Wildman–Crippen MR) is 97.7 cm³/mol. The molecule has 140 valence electrons. The topological polar surface area (TPSA) is 87.9 Å². The van der Waals surface area contributed by atoms with Crippen LogP contribution in [0.25, 0.3) is 0 Å². The number of hydrogen-bond acceptors (Lipinski definition) is 5. The van der Waals surface area contributed by atoms with Crippen LogP contribution in [0.2, 0.25) is 0 Å². The fraction of sp³-hybridized carbons (Fsp3) is 0.733. The Kier molecular flexibility index (Phi) is 11.2. The summed E-state index contributed by atoms with van der Waals surface area (Å²) in [6.45, 7) is 7.58. The normalized spacial score (nSPS) is 23.8. The third-order valence-corrected chi connectivity index (χ3v) is 4.14. The molecule has 2 heterocycles. The molecule has 7 nitrogen and oxygen atoms in total. The van der Waals surface area contributed by atoms with Crippen LogP contribution < -0.4 is 11.1 Å². The Bertz CT molecular complexity index is 418. The van der Waals surface area contributed by atoms with Crippen LogP contribution in [0.1, 0.15) is 12.8 Å². The van der Waals surface area contributed by atoms with E-state index < -0.39 is 0 Å². The molecule has 0 radical (unpaired) electrons. The fourth-order valence-electron chi connectivity index (χ4n) is 2.84. The molecule has 0 unspecified atom stereocenters. The Morgan fingerprint density at radius 1 is 1.21 bits per heavy atom. The first kappa shape index (κ1) is 23.1. The van der Waals surface area contributed by atoms with Crippen LogP contribution in [0.15, 0.2) is 12.7 Å². The quantitative estimate of drug-likeness (QED) is 0.620. The molecule has 9 heteroatoms. The molecule has 0 aromatic rings. The largest absolute Gasteiger partial charge is 0.364 e. The molecule has 0 bridgehead atoms. The van der Waals surface area contributed by atoms with Crippen LogP contribution in [0.5, 0.6) is 0 Å². The lowest BCUT2D eigenvalue weighted by atomic mass is 10.1. The van der Waals surface area contributed by atoms with Crippen LogP contribution in [0.4, 0.5) is 0 Å². The fourth-order valence-corrected chi connectivity index (χ4v) is 2.84. The maximum absolute atomic E-state index is 12.4. The number of ether oxygens (including phenoxy) is 1. The van der Waals surface area contributed by atoms with Gasteiger partial charge in [-0.05, 0) is 12.8 Å². The van der Waals surface area contributed by atoms with E-state index in [-0.39, 0.29) is 48.8 Å². The number of amides is 2. The average molecular weight is 383 g/mol. The van der Waals surface area contributed by atoms with Crippen LogP contribution in [-0.4, -0.2) is 79.6 Å². The summed E-state index contributed by atoms with van der Waals surface area (Å²) in [4.78, 5) is 27.9. The molecule has 0 spiro atoms. The standard InChI is InChI=1S/C15H26N4O3.2ClH/c1-2-5-17-14(20)11-18-6-8-19(9-7-18)15(21)13-4-3-12(10-16)22-13;;/h2,12-13H,1,3-11,16H2,(H,17,20);2*1H/t12-,13+;;/m1../s1. The van der Waals surface area contributed by atoms with Crippen molar-refractivity contribution in [2.24, 2.45) is 5.73 Å². The molecule has 3 N–H and O–H groups in total. The minimum Gasteiger partial charge on any atom is -0.364 e. The van der Waals surface area contributed by atoms with E-state index in [2.05, 4.69) is 16.8 Å². The van der Waals surface area contributed by atoms with Gasteiger partial charge in [0.2, 0.25) is 5.91 Å². The van der Waals surface area contributed by atoms with Crippen molar-refractivity contribution in [1.29, 1.82) is 0 Å². The molecule has 24 heavy (non-hydrogen) atoms. The van der Waals surface area contributed by atoms with Gasteiger partial charge in [0.25, 0.3) is 5.91 Å². The minimum absolute atomic E-state index is 0. The van der Waals surface area contributed by atoms with Crippen LogP contribution >= 0.6 is 24.8 Å². The van der Waals surface area contributed by atoms with Crippen molar-refractivity contribution in [3.8, 4) is 0 Å². The highest BCUT2D eigenvalue weighted by Gasteiger charge is 2.34. The first-order chi connectivity index (χ1) is 10.6. The number of carbonyl (C=O) groups is 2. The summed E-state index contributed by atoms with van der Waals surface area (Å²) in [5, 5.41) is 2.76. The highest BCUT2D eigenvalue weighted by molar-refractivity contribution is 5.85. The number of rotatable bonds is 6. The van der Waals surface area contributed by atoms with Gasteiger partial charge in [-0.1, -0.05) is 6.08 Å². The molecule has 2 fully saturated rings. The van der Waals surface area contributed by atoms with E-state index in [1.807, 2.05) is 4.90 Å². The van der Waals surface area contributed by atoms with E-state index in [0.717, 1.165) is 12.8 Å².